The van der Waals surface area contributed by atoms with Crippen molar-refractivity contribution in [1.29, 1.82) is 0 Å². The lowest BCUT2D eigenvalue weighted by Crippen LogP contribution is -2.45. The first-order valence-corrected chi connectivity index (χ1v) is 7.88. The smallest absolute Gasteiger partial charge is 0.0702 e. The van der Waals surface area contributed by atoms with Crippen molar-refractivity contribution in [2.45, 2.75) is 65.0 Å². The van der Waals surface area contributed by atoms with Crippen molar-refractivity contribution < 1.29 is 4.74 Å². The van der Waals surface area contributed by atoms with Gasteiger partial charge in [-0.2, -0.15) is 0 Å². The fraction of sp³-hybridized carbons (Fsp3) is 1.00. The molecular weight excluding hydrogens is 224 g/mol. The molecule has 18 heavy (non-hydrogen) atoms. The van der Waals surface area contributed by atoms with Crippen LogP contribution in [-0.4, -0.2) is 49.8 Å². The quantitative estimate of drug-likeness (QED) is 0.608. The van der Waals surface area contributed by atoms with Gasteiger partial charge >= 0.3 is 0 Å². The first-order valence-electron chi connectivity index (χ1n) is 7.88. The van der Waals surface area contributed by atoms with E-state index >= 15 is 0 Å². The Morgan fingerprint density at radius 3 is 2.67 bits per heavy atom. The average Bonchev–Trinajstić information content (AvgIpc) is 2.88. The zero-order valence-corrected chi connectivity index (χ0v) is 12.6. The van der Waals surface area contributed by atoms with Gasteiger partial charge in [-0.25, -0.2) is 0 Å². The highest BCUT2D eigenvalue weighted by Gasteiger charge is 2.22. The van der Waals surface area contributed by atoms with E-state index in [0.717, 1.165) is 32.8 Å². The summed E-state index contributed by atoms with van der Waals surface area (Å²) in [7, 11) is 0. The van der Waals surface area contributed by atoms with Gasteiger partial charge in [0.05, 0.1) is 6.10 Å². The van der Waals surface area contributed by atoms with E-state index < -0.39 is 0 Å². The fourth-order valence-corrected chi connectivity index (χ4v) is 2.78. The molecule has 1 aliphatic heterocycles. The average molecular weight is 256 g/mol. The maximum absolute atomic E-state index is 5.78. The molecule has 3 nitrogen and oxygen atoms in total. The number of nitrogens with zero attached hydrogens (tertiary/aromatic N) is 1. The largest absolute Gasteiger partial charge is 0.377 e. The van der Waals surface area contributed by atoms with Crippen LogP contribution in [0.3, 0.4) is 0 Å². The number of hydrogen-bond acceptors (Lipinski definition) is 3. The van der Waals surface area contributed by atoms with Gasteiger partial charge in [-0.3, -0.25) is 4.90 Å². The van der Waals surface area contributed by atoms with E-state index in [9.17, 15) is 0 Å². The molecule has 2 unspecified atom stereocenters. The van der Waals surface area contributed by atoms with Gasteiger partial charge in [0.15, 0.2) is 0 Å². The Morgan fingerprint density at radius 2 is 2.11 bits per heavy atom. The van der Waals surface area contributed by atoms with Crippen molar-refractivity contribution in [2.75, 3.05) is 32.8 Å². The number of likely N-dealkylation sites (N-methyl/N-ethyl adjacent to an activating group) is 1. The fourth-order valence-electron chi connectivity index (χ4n) is 2.78. The number of ether oxygens (including phenoxy) is 1. The summed E-state index contributed by atoms with van der Waals surface area (Å²) in [6.07, 6.45) is 6.75. The monoisotopic (exact) mass is 256 g/mol. The molecule has 0 aromatic carbocycles. The molecule has 1 N–H and O–H groups in total. The molecule has 0 radical (unpaired) electrons. The molecule has 1 saturated heterocycles. The predicted octanol–water partition coefficient (Wildman–Crippen LogP) is 2.66. The van der Waals surface area contributed by atoms with Crippen molar-refractivity contribution in [3.05, 3.63) is 0 Å². The molecule has 1 fully saturated rings. The number of rotatable bonds is 10. The van der Waals surface area contributed by atoms with E-state index in [1.54, 1.807) is 0 Å². The summed E-state index contributed by atoms with van der Waals surface area (Å²) in [6, 6.07) is 0.677. The van der Waals surface area contributed by atoms with Gasteiger partial charge in [0.25, 0.3) is 0 Å². The van der Waals surface area contributed by atoms with Crippen LogP contribution in [0.15, 0.2) is 0 Å². The van der Waals surface area contributed by atoms with Crippen molar-refractivity contribution in [2.24, 2.45) is 0 Å². The summed E-state index contributed by atoms with van der Waals surface area (Å²) in [4.78, 5) is 2.61. The lowest BCUT2D eigenvalue weighted by atomic mass is 10.1. The molecule has 0 spiro atoms. The molecule has 0 saturated carbocycles. The minimum absolute atomic E-state index is 0.482. The minimum Gasteiger partial charge on any atom is -0.377 e. The highest BCUT2D eigenvalue weighted by molar-refractivity contribution is 4.77. The standard InChI is InChI=1S/C15H32N2O/c1-4-8-14(12-16-10-5-2)17(6-3)13-15-9-7-11-18-15/h14-16H,4-13H2,1-3H3. The van der Waals surface area contributed by atoms with Crippen LogP contribution in [0.5, 0.6) is 0 Å². The van der Waals surface area contributed by atoms with Crippen LogP contribution in [0.1, 0.15) is 52.9 Å². The Kier molecular flexibility index (Phi) is 8.64. The van der Waals surface area contributed by atoms with Gasteiger partial charge in [-0.1, -0.05) is 27.2 Å². The second-order valence-electron chi connectivity index (χ2n) is 5.37. The zero-order valence-electron chi connectivity index (χ0n) is 12.6. The van der Waals surface area contributed by atoms with Crippen molar-refractivity contribution in [3.8, 4) is 0 Å². The van der Waals surface area contributed by atoms with Gasteiger partial charge in [-0.15, -0.1) is 0 Å². The van der Waals surface area contributed by atoms with Gasteiger partial charge in [0, 0.05) is 25.7 Å². The maximum Gasteiger partial charge on any atom is 0.0702 e. The molecule has 1 aliphatic rings. The lowest BCUT2D eigenvalue weighted by Gasteiger charge is -2.32. The zero-order chi connectivity index (χ0) is 13.2. The first kappa shape index (κ1) is 15.9. The molecule has 0 bridgehead atoms. The van der Waals surface area contributed by atoms with Gasteiger partial charge < -0.3 is 10.1 Å². The summed E-state index contributed by atoms with van der Waals surface area (Å²) in [5.74, 6) is 0. The maximum atomic E-state index is 5.78. The Hall–Kier alpha value is -0.120. The van der Waals surface area contributed by atoms with Crippen LogP contribution in [0.25, 0.3) is 0 Å². The second-order valence-corrected chi connectivity index (χ2v) is 5.37. The van der Waals surface area contributed by atoms with Crippen LogP contribution >= 0.6 is 0 Å². The summed E-state index contributed by atoms with van der Waals surface area (Å²) in [6.45, 7) is 12.3. The highest BCUT2D eigenvalue weighted by Crippen LogP contribution is 2.16. The summed E-state index contributed by atoms with van der Waals surface area (Å²) in [5.41, 5.74) is 0. The molecule has 0 aliphatic carbocycles. The summed E-state index contributed by atoms with van der Waals surface area (Å²) < 4.78 is 5.78. The summed E-state index contributed by atoms with van der Waals surface area (Å²) >= 11 is 0. The minimum atomic E-state index is 0.482. The van der Waals surface area contributed by atoms with Gasteiger partial charge in [0.2, 0.25) is 0 Å². The third-order valence-corrected chi connectivity index (χ3v) is 3.81. The van der Waals surface area contributed by atoms with Crippen molar-refractivity contribution >= 4 is 0 Å². The third kappa shape index (κ3) is 5.68. The SMILES string of the molecule is CCCNCC(CCC)N(CC)CC1CCCO1. The number of hydrogen-bond donors (Lipinski definition) is 1. The molecular formula is C15H32N2O. The Labute approximate surface area is 113 Å². The normalized spacial score (nSPS) is 21.7. The first-order chi connectivity index (χ1) is 8.81. The van der Waals surface area contributed by atoms with E-state index in [4.69, 9.17) is 4.74 Å². The van der Waals surface area contributed by atoms with Crippen molar-refractivity contribution in [1.82, 2.24) is 10.2 Å². The second kappa shape index (κ2) is 9.76. The molecule has 1 heterocycles. The molecule has 108 valence electrons. The summed E-state index contributed by atoms with van der Waals surface area (Å²) in [5, 5.41) is 3.58. The van der Waals surface area contributed by atoms with Crippen LogP contribution < -0.4 is 5.32 Å². The molecule has 3 heteroatoms. The Bertz CT molecular complexity index is 193. The molecule has 0 aromatic heterocycles. The van der Waals surface area contributed by atoms with Gasteiger partial charge in [0.1, 0.15) is 0 Å². The van der Waals surface area contributed by atoms with Crippen LogP contribution in [0, 0.1) is 0 Å². The number of nitrogens with one attached hydrogen (secondary N) is 1. The van der Waals surface area contributed by atoms with E-state index in [1.807, 2.05) is 0 Å². The molecule has 1 rings (SSSR count). The topological polar surface area (TPSA) is 24.5 Å². The molecule has 0 aromatic rings. The van der Waals surface area contributed by atoms with Crippen LogP contribution in [0.2, 0.25) is 0 Å². The van der Waals surface area contributed by atoms with E-state index in [0.29, 0.717) is 12.1 Å². The van der Waals surface area contributed by atoms with Crippen LogP contribution in [-0.2, 0) is 4.74 Å². The van der Waals surface area contributed by atoms with Crippen molar-refractivity contribution in [3.63, 3.8) is 0 Å². The molecule has 0 amide bonds. The van der Waals surface area contributed by atoms with E-state index in [2.05, 4.69) is 31.0 Å². The van der Waals surface area contributed by atoms with Crippen LogP contribution in [0.4, 0.5) is 0 Å². The Balaban J connectivity index is 2.38. The van der Waals surface area contributed by atoms with E-state index in [-0.39, 0.29) is 0 Å². The lowest BCUT2D eigenvalue weighted by molar-refractivity contribution is 0.0570. The molecule has 2 atom stereocenters. The van der Waals surface area contributed by atoms with E-state index in [1.165, 1.54) is 32.1 Å². The van der Waals surface area contributed by atoms with Gasteiger partial charge in [-0.05, 0) is 38.8 Å². The Morgan fingerprint density at radius 1 is 1.28 bits per heavy atom. The highest BCUT2D eigenvalue weighted by atomic mass is 16.5. The predicted molar refractivity (Wildman–Crippen MR) is 78.1 cm³/mol. The third-order valence-electron chi connectivity index (χ3n) is 3.81.